The molecule has 4 rings (SSSR count). The van der Waals surface area contributed by atoms with E-state index >= 15 is 0 Å². The Morgan fingerprint density at radius 2 is 1.61 bits per heavy atom. The average molecular weight is 421 g/mol. The Balaban J connectivity index is 1.33. The molecule has 2 heterocycles. The number of benzene rings is 2. The zero-order valence-electron chi connectivity index (χ0n) is 18.2. The Labute approximate surface area is 184 Å². The maximum atomic E-state index is 12.6. The number of hydrogen-bond donors (Lipinski definition) is 1. The van der Waals surface area contributed by atoms with Gasteiger partial charge in [0, 0.05) is 19.1 Å². The van der Waals surface area contributed by atoms with Crippen molar-refractivity contribution in [2.75, 3.05) is 19.6 Å². The molecule has 5 heteroatoms. The monoisotopic (exact) mass is 420 g/mol. The third-order valence-corrected chi connectivity index (χ3v) is 6.80. The summed E-state index contributed by atoms with van der Waals surface area (Å²) in [7, 11) is 0. The third-order valence-electron chi connectivity index (χ3n) is 6.80. The lowest BCUT2D eigenvalue weighted by Gasteiger charge is -2.42. The summed E-state index contributed by atoms with van der Waals surface area (Å²) in [6.45, 7) is 4.18. The molecule has 5 nitrogen and oxygen atoms in total. The molecule has 0 aromatic heterocycles. The van der Waals surface area contributed by atoms with E-state index in [1.807, 2.05) is 13.0 Å². The van der Waals surface area contributed by atoms with Gasteiger partial charge in [-0.25, -0.2) is 0 Å². The summed E-state index contributed by atoms with van der Waals surface area (Å²) in [6, 6.07) is 17.7. The van der Waals surface area contributed by atoms with Crippen molar-refractivity contribution in [1.82, 2.24) is 9.80 Å². The fraction of sp³-hybridized carbons (Fsp3) is 0.462. The van der Waals surface area contributed by atoms with E-state index in [-0.39, 0.29) is 24.0 Å². The Morgan fingerprint density at radius 1 is 0.968 bits per heavy atom. The van der Waals surface area contributed by atoms with Gasteiger partial charge in [0.05, 0.1) is 17.2 Å². The van der Waals surface area contributed by atoms with Crippen LogP contribution in [0.5, 0.6) is 0 Å². The quantitative estimate of drug-likeness (QED) is 0.661. The molecular formula is C26H32N2O3. The lowest BCUT2D eigenvalue weighted by atomic mass is 9.83. The van der Waals surface area contributed by atoms with Gasteiger partial charge in [-0.2, -0.15) is 0 Å². The highest BCUT2D eigenvalue weighted by molar-refractivity contribution is 6.21. The summed E-state index contributed by atoms with van der Waals surface area (Å²) in [4.78, 5) is 28.9. The second-order valence-corrected chi connectivity index (χ2v) is 8.82. The molecule has 0 radical (unpaired) electrons. The van der Waals surface area contributed by atoms with E-state index in [9.17, 15) is 14.7 Å². The first-order chi connectivity index (χ1) is 15.1. The van der Waals surface area contributed by atoms with Gasteiger partial charge in [0.15, 0.2) is 0 Å². The number of carbonyl (C=O) groups excluding carboxylic acids is 2. The molecule has 2 aromatic rings. The standard InChI is InChI=1S/C26H32N2O3/c1-2-24(29)23-18-20(17-19-9-4-3-5-10-19)13-16-27(23)14-8-15-28-25(30)21-11-6-7-12-22(21)26(28)31/h3-7,9-12,20,23-24,29H,2,8,13-18H2,1H3. The summed E-state index contributed by atoms with van der Waals surface area (Å²) >= 11 is 0. The van der Waals surface area contributed by atoms with Crippen molar-refractivity contribution in [3.63, 3.8) is 0 Å². The summed E-state index contributed by atoms with van der Waals surface area (Å²) in [5.41, 5.74) is 2.37. The minimum Gasteiger partial charge on any atom is -0.392 e. The number of hydrogen-bond acceptors (Lipinski definition) is 4. The molecule has 0 saturated carbocycles. The molecule has 3 atom stereocenters. The Bertz CT molecular complexity index is 879. The SMILES string of the molecule is CCC(O)C1CC(Cc2ccccc2)CCN1CCCN1C(=O)c2ccccc2C1=O. The third kappa shape index (κ3) is 4.73. The Morgan fingerprint density at radius 3 is 2.26 bits per heavy atom. The smallest absolute Gasteiger partial charge is 0.261 e. The van der Waals surface area contributed by atoms with Crippen molar-refractivity contribution in [2.45, 2.75) is 51.2 Å². The van der Waals surface area contributed by atoms with Gasteiger partial charge in [0.25, 0.3) is 11.8 Å². The van der Waals surface area contributed by atoms with Crippen LogP contribution < -0.4 is 0 Å². The summed E-state index contributed by atoms with van der Waals surface area (Å²) < 4.78 is 0. The number of carbonyl (C=O) groups is 2. The molecule has 2 aliphatic rings. The highest BCUT2D eigenvalue weighted by Crippen LogP contribution is 2.29. The molecule has 0 bridgehead atoms. The molecule has 3 unspecified atom stereocenters. The molecule has 1 saturated heterocycles. The van der Waals surface area contributed by atoms with Gasteiger partial charge in [0.1, 0.15) is 0 Å². The zero-order chi connectivity index (χ0) is 21.8. The first-order valence-corrected chi connectivity index (χ1v) is 11.5. The van der Waals surface area contributed by atoms with Gasteiger partial charge in [-0.3, -0.25) is 19.4 Å². The van der Waals surface area contributed by atoms with Gasteiger partial charge in [-0.1, -0.05) is 49.4 Å². The number of likely N-dealkylation sites (tertiary alicyclic amines) is 1. The molecule has 0 spiro atoms. The minimum absolute atomic E-state index is 0.134. The van der Waals surface area contributed by atoms with E-state index in [1.54, 1.807) is 24.3 Å². The van der Waals surface area contributed by atoms with Crippen molar-refractivity contribution in [1.29, 1.82) is 0 Å². The highest BCUT2D eigenvalue weighted by Gasteiger charge is 2.36. The number of nitrogens with zero attached hydrogens (tertiary/aromatic N) is 2. The van der Waals surface area contributed by atoms with Crippen LogP contribution in [0.1, 0.15) is 58.9 Å². The van der Waals surface area contributed by atoms with Crippen LogP contribution in [0.3, 0.4) is 0 Å². The number of aliphatic hydroxyl groups excluding tert-OH is 1. The molecular weight excluding hydrogens is 388 g/mol. The lowest BCUT2D eigenvalue weighted by Crippen LogP contribution is -2.50. The molecule has 0 aliphatic carbocycles. The fourth-order valence-electron chi connectivity index (χ4n) is 5.08. The van der Waals surface area contributed by atoms with Gasteiger partial charge in [-0.05, 0) is 62.3 Å². The van der Waals surface area contributed by atoms with Crippen molar-refractivity contribution in [3.05, 3.63) is 71.3 Å². The van der Waals surface area contributed by atoms with Crippen molar-refractivity contribution >= 4 is 11.8 Å². The van der Waals surface area contributed by atoms with Crippen LogP contribution in [-0.2, 0) is 6.42 Å². The predicted molar refractivity (Wildman–Crippen MR) is 121 cm³/mol. The van der Waals surface area contributed by atoms with Gasteiger partial charge in [-0.15, -0.1) is 0 Å². The first-order valence-electron chi connectivity index (χ1n) is 11.5. The fourth-order valence-corrected chi connectivity index (χ4v) is 5.08. The number of fused-ring (bicyclic) bond motifs is 1. The summed E-state index contributed by atoms with van der Waals surface area (Å²) in [6.07, 6.45) is 4.25. The zero-order valence-corrected chi connectivity index (χ0v) is 18.2. The number of imide groups is 1. The van der Waals surface area contributed by atoms with Crippen LogP contribution in [0.2, 0.25) is 0 Å². The highest BCUT2D eigenvalue weighted by atomic mass is 16.3. The predicted octanol–water partition coefficient (Wildman–Crippen LogP) is 3.77. The largest absolute Gasteiger partial charge is 0.392 e. The van der Waals surface area contributed by atoms with E-state index in [2.05, 4.69) is 29.2 Å². The molecule has 31 heavy (non-hydrogen) atoms. The van der Waals surface area contributed by atoms with Crippen LogP contribution in [0, 0.1) is 5.92 Å². The number of piperidine rings is 1. The van der Waals surface area contributed by atoms with E-state index in [4.69, 9.17) is 0 Å². The maximum absolute atomic E-state index is 12.6. The molecule has 1 fully saturated rings. The van der Waals surface area contributed by atoms with E-state index < -0.39 is 0 Å². The van der Waals surface area contributed by atoms with Gasteiger partial charge in [0.2, 0.25) is 0 Å². The normalized spacial score (nSPS) is 22.6. The topological polar surface area (TPSA) is 60.9 Å². The molecule has 2 amide bonds. The van der Waals surface area contributed by atoms with Crippen LogP contribution in [0.15, 0.2) is 54.6 Å². The number of amides is 2. The van der Waals surface area contributed by atoms with Gasteiger partial charge < -0.3 is 5.11 Å². The van der Waals surface area contributed by atoms with Crippen molar-refractivity contribution in [3.8, 4) is 0 Å². The van der Waals surface area contributed by atoms with E-state index in [0.29, 0.717) is 23.6 Å². The molecule has 1 N–H and O–H groups in total. The summed E-state index contributed by atoms with van der Waals surface area (Å²) in [5, 5.41) is 10.7. The number of aliphatic hydroxyl groups is 1. The Kier molecular flexibility index (Phi) is 6.83. The Hall–Kier alpha value is -2.50. The lowest BCUT2D eigenvalue weighted by molar-refractivity contribution is 0.00567. The second kappa shape index (κ2) is 9.75. The molecule has 2 aromatic carbocycles. The van der Waals surface area contributed by atoms with Crippen LogP contribution >= 0.6 is 0 Å². The van der Waals surface area contributed by atoms with Crippen LogP contribution in [-0.4, -0.2) is 58.5 Å². The first kappa shape index (κ1) is 21.7. The molecule has 164 valence electrons. The number of rotatable bonds is 8. The maximum Gasteiger partial charge on any atom is 0.261 e. The average Bonchev–Trinajstić information content (AvgIpc) is 3.05. The molecule has 2 aliphatic heterocycles. The van der Waals surface area contributed by atoms with Gasteiger partial charge >= 0.3 is 0 Å². The van der Waals surface area contributed by atoms with E-state index in [1.165, 1.54) is 10.5 Å². The van der Waals surface area contributed by atoms with Crippen LogP contribution in [0.4, 0.5) is 0 Å². The minimum atomic E-state index is -0.349. The van der Waals surface area contributed by atoms with Crippen LogP contribution in [0.25, 0.3) is 0 Å². The second-order valence-electron chi connectivity index (χ2n) is 8.82. The van der Waals surface area contributed by atoms with E-state index in [0.717, 1.165) is 45.2 Å². The van der Waals surface area contributed by atoms with Crippen molar-refractivity contribution in [2.24, 2.45) is 5.92 Å². The van der Waals surface area contributed by atoms with Crippen molar-refractivity contribution < 1.29 is 14.7 Å². The summed E-state index contributed by atoms with van der Waals surface area (Å²) in [5.74, 6) is 0.195.